The molecule has 0 aliphatic heterocycles. The molecule has 0 atom stereocenters. The molecule has 0 saturated carbocycles. The molecule has 11 heteroatoms. The monoisotopic (exact) mass is 413 g/mol. The van der Waals surface area contributed by atoms with Crippen LogP contribution in [0.4, 0.5) is 19.0 Å². The van der Waals surface area contributed by atoms with Gasteiger partial charge in [-0.2, -0.15) is 18.2 Å². The molecular weight excluding hydrogens is 399 g/mol. The number of rotatable bonds is 6. The second-order valence-corrected chi connectivity index (χ2v) is 6.10. The van der Waals surface area contributed by atoms with Gasteiger partial charge in [0.2, 0.25) is 0 Å². The first-order valence-corrected chi connectivity index (χ1v) is 8.82. The molecule has 152 valence electrons. The molecule has 0 saturated heterocycles. The molecule has 0 fully saturated rings. The Labute approximate surface area is 168 Å². The van der Waals surface area contributed by atoms with Gasteiger partial charge < -0.3 is 10.1 Å². The summed E-state index contributed by atoms with van der Waals surface area (Å²) in [6.45, 7) is 0.583. The summed E-state index contributed by atoms with van der Waals surface area (Å²) in [5, 5.41) is 3.20. The standard InChI is InChI=1S/C19H14F3N7O/c20-19(21,22)14-6-8-26-18(29-14)30-13-3-1-12(2-4-13)5-7-24-16-15-17(28-11-27-16)25-10-9-23-15/h1-4,6,8-11H,5,7H2,(H,24,25,27,28). The number of nitrogens with one attached hydrogen (secondary N) is 1. The number of hydrogen-bond acceptors (Lipinski definition) is 8. The van der Waals surface area contributed by atoms with E-state index in [1.54, 1.807) is 24.5 Å². The SMILES string of the molecule is FC(F)(F)c1ccnc(Oc2ccc(CCNc3ncnc4nccnc34)cc2)n1. The molecule has 30 heavy (non-hydrogen) atoms. The Morgan fingerprint density at radius 1 is 0.867 bits per heavy atom. The summed E-state index contributed by atoms with van der Waals surface area (Å²) in [5.41, 5.74) is 1.03. The van der Waals surface area contributed by atoms with Gasteiger partial charge in [-0.1, -0.05) is 12.1 Å². The van der Waals surface area contributed by atoms with Crippen LogP contribution in [0.25, 0.3) is 11.2 Å². The van der Waals surface area contributed by atoms with E-state index in [2.05, 4.69) is 35.2 Å². The number of anilines is 1. The van der Waals surface area contributed by atoms with E-state index < -0.39 is 11.9 Å². The third-order valence-corrected chi connectivity index (χ3v) is 4.03. The minimum atomic E-state index is -4.56. The lowest BCUT2D eigenvalue weighted by molar-refractivity contribution is -0.141. The predicted molar refractivity (Wildman–Crippen MR) is 101 cm³/mol. The molecule has 0 bridgehead atoms. The van der Waals surface area contributed by atoms with Crippen LogP contribution in [0.2, 0.25) is 0 Å². The average molecular weight is 413 g/mol. The molecule has 0 amide bonds. The highest BCUT2D eigenvalue weighted by Crippen LogP contribution is 2.29. The van der Waals surface area contributed by atoms with Crippen molar-refractivity contribution < 1.29 is 17.9 Å². The summed E-state index contributed by atoms with van der Waals surface area (Å²) in [4.78, 5) is 23.7. The van der Waals surface area contributed by atoms with Gasteiger partial charge in [-0.3, -0.25) is 0 Å². The Hall–Kier alpha value is -3.89. The topological polar surface area (TPSA) is 98.6 Å². The summed E-state index contributed by atoms with van der Waals surface area (Å²) in [6.07, 6.45) is 1.68. The number of nitrogens with zero attached hydrogens (tertiary/aromatic N) is 6. The fourth-order valence-corrected chi connectivity index (χ4v) is 2.63. The number of halogens is 3. The minimum Gasteiger partial charge on any atom is -0.424 e. The Morgan fingerprint density at radius 2 is 1.67 bits per heavy atom. The Bertz CT molecular complexity index is 1150. The number of ether oxygens (including phenoxy) is 1. The van der Waals surface area contributed by atoms with Crippen molar-refractivity contribution in [2.45, 2.75) is 12.6 Å². The van der Waals surface area contributed by atoms with E-state index in [9.17, 15) is 13.2 Å². The zero-order valence-corrected chi connectivity index (χ0v) is 15.3. The number of aromatic nitrogens is 6. The molecule has 0 spiro atoms. The van der Waals surface area contributed by atoms with Crippen molar-refractivity contribution in [1.82, 2.24) is 29.9 Å². The van der Waals surface area contributed by atoms with Gasteiger partial charge in [-0.15, -0.1) is 0 Å². The second kappa shape index (κ2) is 8.23. The normalized spacial score (nSPS) is 11.4. The first-order chi connectivity index (χ1) is 14.5. The van der Waals surface area contributed by atoms with Crippen LogP contribution in [-0.2, 0) is 12.6 Å². The number of alkyl halides is 3. The number of benzene rings is 1. The Morgan fingerprint density at radius 3 is 2.47 bits per heavy atom. The van der Waals surface area contributed by atoms with Crippen molar-refractivity contribution in [2.75, 3.05) is 11.9 Å². The third kappa shape index (κ3) is 4.57. The van der Waals surface area contributed by atoms with Crippen LogP contribution in [0.1, 0.15) is 11.3 Å². The van der Waals surface area contributed by atoms with Crippen molar-refractivity contribution in [3.63, 3.8) is 0 Å². The molecule has 4 rings (SSSR count). The summed E-state index contributed by atoms with van der Waals surface area (Å²) >= 11 is 0. The zero-order valence-electron chi connectivity index (χ0n) is 15.3. The van der Waals surface area contributed by atoms with Gasteiger partial charge in [0, 0.05) is 25.1 Å². The van der Waals surface area contributed by atoms with Gasteiger partial charge in [0.25, 0.3) is 0 Å². The molecular formula is C19H14F3N7O. The molecule has 0 aliphatic rings. The molecule has 0 radical (unpaired) electrons. The van der Waals surface area contributed by atoms with E-state index in [0.29, 0.717) is 35.7 Å². The molecule has 0 aliphatic carbocycles. The Balaban J connectivity index is 1.36. The quantitative estimate of drug-likeness (QED) is 0.511. The van der Waals surface area contributed by atoms with E-state index >= 15 is 0 Å². The summed E-state index contributed by atoms with van der Waals surface area (Å²) in [6, 6.07) is 7.33. The maximum atomic E-state index is 12.7. The van der Waals surface area contributed by atoms with E-state index in [0.717, 1.165) is 17.8 Å². The lowest BCUT2D eigenvalue weighted by Gasteiger charge is -2.09. The van der Waals surface area contributed by atoms with Crippen LogP contribution in [0.3, 0.4) is 0 Å². The highest BCUT2D eigenvalue weighted by Gasteiger charge is 2.33. The van der Waals surface area contributed by atoms with E-state index in [4.69, 9.17) is 4.74 Å². The van der Waals surface area contributed by atoms with Crippen LogP contribution in [0.5, 0.6) is 11.8 Å². The molecule has 1 aromatic carbocycles. The van der Waals surface area contributed by atoms with Gasteiger partial charge >= 0.3 is 12.2 Å². The Kier molecular flexibility index (Phi) is 5.33. The third-order valence-electron chi connectivity index (χ3n) is 4.03. The molecule has 4 aromatic rings. The van der Waals surface area contributed by atoms with Crippen molar-refractivity contribution in [3.05, 3.63) is 66.5 Å². The summed E-state index contributed by atoms with van der Waals surface area (Å²) < 4.78 is 43.5. The predicted octanol–water partition coefficient (Wildman–Crippen LogP) is 3.68. The molecule has 0 unspecified atom stereocenters. The van der Waals surface area contributed by atoms with E-state index in [1.807, 2.05) is 12.1 Å². The van der Waals surface area contributed by atoms with Crippen molar-refractivity contribution >= 4 is 17.0 Å². The lowest BCUT2D eigenvalue weighted by atomic mass is 10.1. The first-order valence-electron chi connectivity index (χ1n) is 8.82. The maximum absolute atomic E-state index is 12.7. The van der Waals surface area contributed by atoms with Crippen LogP contribution in [0.15, 0.2) is 55.2 Å². The van der Waals surface area contributed by atoms with E-state index in [-0.39, 0.29) is 6.01 Å². The number of fused-ring (bicyclic) bond motifs is 1. The molecule has 1 N–H and O–H groups in total. The fourth-order valence-electron chi connectivity index (χ4n) is 2.63. The number of hydrogen-bond donors (Lipinski definition) is 1. The van der Waals surface area contributed by atoms with Gasteiger partial charge in [-0.25, -0.2) is 24.9 Å². The van der Waals surface area contributed by atoms with Crippen molar-refractivity contribution in [2.24, 2.45) is 0 Å². The van der Waals surface area contributed by atoms with Gasteiger partial charge in [0.1, 0.15) is 17.6 Å². The van der Waals surface area contributed by atoms with E-state index in [1.165, 1.54) is 6.33 Å². The average Bonchev–Trinajstić information content (AvgIpc) is 2.75. The summed E-state index contributed by atoms with van der Waals surface area (Å²) in [5.74, 6) is 0.929. The zero-order chi connectivity index (χ0) is 21.0. The van der Waals surface area contributed by atoms with Gasteiger partial charge in [-0.05, 0) is 30.2 Å². The summed E-state index contributed by atoms with van der Waals surface area (Å²) in [7, 11) is 0. The highest BCUT2D eigenvalue weighted by molar-refractivity contribution is 5.81. The largest absolute Gasteiger partial charge is 0.433 e. The smallest absolute Gasteiger partial charge is 0.424 e. The first kappa shape index (κ1) is 19.4. The van der Waals surface area contributed by atoms with Crippen LogP contribution < -0.4 is 10.1 Å². The van der Waals surface area contributed by atoms with Gasteiger partial charge in [0.05, 0.1) is 0 Å². The minimum absolute atomic E-state index is 0.336. The van der Waals surface area contributed by atoms with Crippen molar-refractivity contribution in [3.8, 4) is 11.8 Å². The fraction of sp³-hybridized carbons (Fsp3) is 0.158. The van der Waals surface area contributed by atoms with Crippen LogP contribution in [-0.4, -0.2) is 36.4 Å². The highest BCUT2D eigenvalue weighted by atomic mass is 19.4. The van der Waals surface area contributed by atoms with Gasteiger partial charge in [0.15, 0.2) is 17.2 Å². The maximum Gasteiger partial charge on any atom is 0.433 e. The lowest BCUT2D eigenvalue weighted by Crippen LogP contribution is -2.09. The van der Waals surface area contributed by atoms with Crippen LogP contribution >= 0.6 is 0 Å². The second-order valence-electron chi connectivity index (χ2n) is 6.10. The van der Waals surface area contributed by atoms with Crippen molar-refractivity contribution in [1.29, 1.82) is 0 Å². The molecule has 8 nitrogen and oxygen atoms in total. The van der Waals surface area contributed by atoms with Crippen LogP contribution in [0, 0.1) is 0 Å². The molecule has 3 heterocycles. The molecule has 3 aromatic heterocycles.